The smallest absolute Gasteiger partial charge is 0.230 e. The van der Waals surface area contributed by atoms with Gasteiger partial charge in [0.25, 0.3) is 0 Å². The van der Waals surface area contributed by atoms with Crippen LogP contribution in [-0.4, -0.2) is 26.9 Å². The molecule has 0 saturated carbocycles. The Morgan fingerprint density at radius 2 is 2.30 bits per heavy atom. The summed E-state index contributed by atoms with van der Waals surface area (Å²) in [6, 6.07) is 6.52. The maximum Gasteiger partial charge on any atom is 0.230 e. The van der Waals surface area contributed by atoms with E-state index in [0.29, 0.717) is 22.1 Å². The van der Waals surface area contributed by atoms with Crippen molar-refractivity contribution >= 4 is 28.1 Å². The lowest BCUT2D eigenvalue weighted by Crippen LogP contribution is -2.14. The second-order valence-corrected chi connectivity index (χ2v) is 4.98. The van der Waals surface area contributed by atoms with Crippen LogP contribution in [-0.2, 0) is 11.2 Å². The first-order valence-electron chi connectivity index (χ1n) is 5.81. The van der Waals surface area contributed by atoms with Gasteiger partial charge >= 0.3 is 0 Å². The van der Waals surface area contributed by atoms with Crippen LogP contribution in [0.3, 0.4) is 0 Å². The molecule has 0 atom stereocenters. The van der Waals surface area contributed by atoms with Gasteiger partial charge in [-0.15, -0.1) is 11.3 Å². The van der Waals surface area contributed by atoms with Crippen molar-refractivity contribution < 1.29 is 15.1 Å². The third-order valence-corrected chi connectivity index (χ3v) is 3.30. The van der Waals surface area contributed by atoms with Crippen LogP contribution in [0.1, 0.15) is 18.2 Å². The highest BCUT2D eigenvalue weighted by Crippen LogP contribution is 2.17. The molecule has 0 unspecified atom stereocenters. The maximum absolute atomic E-state index is 11.8. The molecule has 1 aromatic heterocycles. The topological polar surface area (TPSA) is 94.8 Å². The van der Waals surface area contributed by atoms with Crippen molar-refractivity contribution in [2.45, 2.75) is 13.3 Å². The van der Waals surface area contributed by atoms with E-state index in [-0.39, 0.29) is 18.1 Å². The Morgan fingerprint density at radius 1 is 1.50 bits per heavy atom. The van der Waals surface area contributed by atoms with E-state index in [4.69, 9.17) is 5.21 Å². The van der Waals surface area contributed by atoms with Crippen molar-refractivity contribution in [3.05, 3.63) is 40.9 Å². The molecule has 104 valence electrons. The van der Waals surface area contributed by atoms with E-state index in [9.17, 15) is 9.90 Å². The van der Waals surface area contributed by atoms with Crippen molar-refractivity contribution in [2.75, 3.05) is 5.32 Å². The first-order valence-corrected chi connectivity index (χ1v) is 6.69. The molecule has 2 aromatic rings. The number of rotatable bonds is 4. The summed E-state index contributed by atoms with van der Waals surface area (Å²) in [5.74, 6) is -0.100. The molecular weight excluding hydrogens is 278 g/mol. The van der Waals surface area contributed by atoms with Crippen molar-refractivity contribution in [1.82, 2.24) is 4.98 Å². The molecular formula is C13H13N3O3S. The van der Waals surface area contributed by atoms with Gasteiger partial charge in [0.15, 0.2) is 5.13 Å². The minimum atomic E-state index is -0.227. The number of anilines is 1. The quantitative estimate of drug-likeness (QED) is 0.457. The van der Waals surface area contributed by atoms with Gasteiger partial charge in [-0.1, -0.05) is 17.3 Å². The summed E-state index contributed by atoms with van der Waals surface area (Å²) in [7, 11) is 0. The highest BCUT2D eigenvalue weighted by molar-refractivity contribution is 7.14. The molecule has 0 fully saturated rings. The molecule has 6 nitrogen and oxygen atoms in total. The van der Waals surface area contributed by atoms with E-state index in [2.05, 4.69) is 15.5 Å². The van der Waals surface area contributed by atoms with Gasteiger partial charge in [0.05, 0.1) is 6.42 Å². The molecule has 1 amide bonds. The maximum atomic E-state index is 11.8. The summed E-state index contributed by atoms with van der Waals surface area (Å²) in [6.07, 6.45) is 0.149. The summed E-state index contributed by atoms with van der Waals surface area (Å²) in [5, 5.41) is 25.8. The summed E-state index contributed by atoms with van der Waals surface area (Å²) in [4.78, 5) is 16.0. The van der Waals surface area contributed by atoms with Crippen LogP contribution < -0.4 is 5.32 Å². The van der Waals surface area contributed by atoms with Gasteiger partial charge in [-0.05, 0) is 24.6 Å². The van der Waals surface area contributed by atoms with Gasteiger partial charge < -0.3 is 15.6 Å². The number of phenolic OH excluding ortho intramolecular Hbond substituents is 1. The standard InChI is InChI=1S/C13H13N3O3S/c1-8(16-19)11-7-20-13(14-11)15-12(18)6-9-3-2-4-10(17)5-9/h2-5,7,17,19H,6H2,1H3,(H,14,15,18). The van der Waals surface area contributed by atoms with E-state index in [1.807, 2.05) is 0 Å². The number of phenols is 1. The number of thiazole rings is 1. The third kappa shape index (κ3) is 3.55. The molecule has 1 heterocycles. The van der Waals surface area contributed by atoms with E-state index in [1.54, 1.807) is 30.5 Å². The number of amides is 1. The van der Waals surface area contributed by atoms with E-state index in [1.165, 1.54) is 17.4 Å². The van der Waals surface area contributed by atoms with Crippen molar-refractivity contribution in [3.8, 4) is 5.75 Å². The zero-order valence-electron chi connectivity index (χ0n) is 10.7. The average molecular weight is 291 g/mol. The first-order chi connectivity index (χ1) is 9.58. The second-order valence-electron chi connectivity index (χ2n) is 4.12. The molecule has 0 aliphatic heterocycles. The molecule has 2 rings (SSSR count). The highest BCUT2D eigenvalue weighted by Gasteiger charge is 2.09. The molecule has 20 heavy (non-hydrogen) atoms. The van der Waals surface area contributed by atoms with Crippen LogP contribution in [0.15, 0.2) is 34.8 Å². The molecule has 3 N–H and O–H groups in total. The van der Waals surface area contributed by atoms with Crippen LogP contribution in [0.4, 0.5) is 5.13 Å². The Kier molecular flexibility index (Phi) is 4.31. The third-order valence-electron chi connectivity index (χ3n) is 2.55. The van der Waals surface area contributed by atoms with Gasteiger partial charge in [-0.2, -0.15) is 0 Å². The highest BCUT2D eigenvalue weighted by atomic mass is 32.1. The number of nitrogens with one attached hydrogen (secondary N) is 1. The second kappa shape index (κ2) is 6.16. The lowest BCUT2D eigenvalue weighted by Gasteiger charge is -2.02. The molecule has 0 radical (unpaired) electrons. The Bertz CT molecular complexity index is 652. The van der Waals surface area contributed by atoms with Gasteiger partial charge in [0, 0.05) is 5.38 Å². The fraction of sp³-hybridized carbons (Fsp3) is 0.154. The number of nitrogens with zero attached hydrogens (tertiary/aromatic N) is 2. The number of hydrogen-bond acceptors (Lipinski definition) is 6. The van der Waals surface area contributed by atoms with Crippen LogP contribution >= 0.6 is 11.3 Å². The van der Waals surface area contributed by atoms with Gasteiger partial charge in [0.2, 0.25) is 5.91 Å². The lowest BCUT2D eigenvalue weighted by molar-refractivity contribution is -0.115. The fourth-order valence-corrected chi connectivity index (χ4v) is 2.33. The van der Waals surface area contributed by atoms with Crippen LogP contribution in [0.25, 0.3) is 0 Å². The predicted molar refractivity (Wildman–Crippen MR) is 76.6 cm³/mol. The first kappa shape index (κ1) is 14.0. The van der Waals surface area contributed by atoms with Crippen LogP contribution in [0, 0.1) is 0 Å². The minimum absolute atomic E-state index is 0.126. The fourth-order valence-electron chi connectivity index (χ4n) is 1.56. The Morgan fingerprint density at radius 3 is 3.00 bits per heavy atom. The molecule has 1 aromatic carbocycles. The number of hydrogen-bond donors (Lipinski definition) is 3. The number of carbonyl (C=O) groups excluding carboxylic acids is 1. The molecule has 0 bridgehead atoms. The van der Waals surface area contributed by atoms with Crippen LogP contribution in [0.2, 0.25) is 0 Å². The van der Waals surface area contributed by atoms with Crippen molar-refractivity contribution in [2.24, 2.45) is 5.16 Å². The molecule has 0 spiro atoms. The Labute approximate surface area is 119 Å². The average Bonchev–Trinajstić information content (AvgIpc) is 2.86. The summed E-state index contributed by atoms with van der Waals surface area (Å²) in [6.45, 7) is 1.62. The zero-order chi connectivity index (χ0) is 14.5. The monoisotopic (exact) mass is 291 g/mol. The van der Waals surface area contributed by atoms with Crippen molar-refractivity contribution in [1.29, 1.82) is 0 Å². The number of aromatic nitrogens is 1. The van der Waals surface area contributed by atoms with E-state index >= 15 is 0 Å². The molecule has 0 saturated heterocycles. The molecule has 0 aliphatic carbocycles. The van der Waals surface area contributed by atoms with Crippen molar-refractivity contribution in [3.63, 3.8) is 0 Å². The lowest BCUT2D eigenvalue weighted by atomic mass is 10.1. The van der Waals surface area contributed by atoms with E-state index < -0.39 is 0 Å². The SMILES string of the molecule is CC(=NO)c1csc(NC(=O)Cc2cccc(O)c2)n1. The summed E-state index contributed by atoms with van der Waals surface area (Å²) < 4.78 is 0. The number of aromatic hydroxyl groups is 1. The molecule has 7 heteroatoms. The number of benzene rings is 1. The van der Waals surface area contributed by atoms with Gasteiger partial charge in [-0.3, -0.25) is 4.79 Å². The van der Waals surface area contributed by atoms with Gasteiger partial charge in [0.1, 0.15) is 17.2 Å². The molecule has 0 aliphatic rings. The number of carbonyl (C=O) groups is 1. The Hall–Kier alpha value is -2.41. The largest absolute Gasteiger partial charge is 0.508 e. The Balaban J connectivity index is 2.00. The minimum Gasteiger partial charge on any atom is -0.508 e. The summed E-state index contributed by atoms with van der Waals surface area (Å²) in [5.41, 5.74) is 1.62. The van der Waals surface area contributed by atoms with E-state index in [0.717, 1.165) is 0 Å². The normalized spacial score (nSPS) is 11.3. The van der Waals surface area contributed by atoms with Gasteiger partial charge in [-0.25, -0.2) is 4.98 Å². The summed E-state index contributed by atoms with van der Waals surface area (Å²) >= 11 is 1.25. The number of oxime groups is 1. The zero-order valence-corrected chi connectivity index (χ0v) is 11.5. The van der Waals surface area contributed by atoms with Crippen LogP contribution in [0.5, 0.6) is 5.75 Å². The predicted octanol–water partition coefficient (Wildman–Crippen LogP) is 2.23.